The summed E-state index contributed by atoms with van der Waals surface area (Å²) in [5, 5.41) is 0. The fourth-order valence-electron chi connectivity index (χ4n) is 4.59. The summed E-state index contributed by atoms with van der Waals surface area (Å²) in [5.74, 6) is 0. The molecule has 0 radical (unpaired) electrons. The summed E-state index contributed by atoms with van der Waals surface area (Å²) in [7, 11) is 0. The fraction of sp³-hybridized carbons (Fsp3) is 0.250. The molecule has 0 saturated heterocycles. The number of hydrogen-bond acceptors (Lipinski definition) is 1. The van der Waals surface area contributed by atoms with E-state index in [2.05, 4.69) is 97.1 Å². The van der Waals surface area contributed by atoms with Crippen molar-refractivity contribution in [1.82, 2.24) is 0 Å². The van der Waals surface area contributed by atoms with Gasteiger partial charge in [0.1, 0.15) is 0 Å². The van der Waals surface area contributed by atoms with Crippen molar-refractivity contribution in [3.05, 3.63) is 144 Å². The molecule has 3 heteroatoms. The van der Waals surface area contributed by atoms with Crippen molar-refractivity contribution in [2.75, 3.05) is 13.2 Å². The molecule has 0 bridgehead atoms. The molecule has 0 aliphatic carbocycles. The van der Waals surface area contributed by atoms with E-state index in [4.69, 9.17) is 27.9 Å². The van der Waals surface area contributed by atoms with Gasteiger partial charge in [0.2, 0.25) is 0 Å². The number of rotatable bonds is 12. The maximum atomic E-state index is 7.29. The molecule has 0 aliphatic heterocycles. The molecule has 4 aromatic carbocycles. The highest BCUT2D eigenvalue weighted by Gasteiger charge is 2.33. The Balaban J connectivity index is 1.49. The van der Waals surface area contributed by atoms with Crippen LogP contribution in [0.3, 0.4) is 0 Å². The SMILES string of the molecule is ClC(COCC(Cl)(Cc1ccccc1)Cc1ccccc1)(Cc1ccccc1)Cc1ccccc1. The van der Waals surface area contributed by atoms with Crippen LogP contribution >= 0.6 is 23.2 Å². The number of ether oxygens (including phenoxy) is 1. The second kappa shape index (κ2) is 12.4. The lowest BCUT2D eigenvalue weighted by Crippen LogP contribution is -2.39. The number of halogens is 2. The highest BCUT2D eigenvalue weighted by atomic mass is 35.5. The van der Waals surface area contributed by atoms with Gasteiger partial charge in [-0.3, -0.25) is 0 Å². The Kier molecular flexibility index (Phi) is 9.04. The smallest absolute Gasteiger partial charge is 0.0759 e. The van der Waals surface area contributed by atoms with Gasteiger partial charge in [0.25, 0.3) is 0 Å². The van der Waals surface area contributed by atoms with Crippen LogP contribution in [0.25, 0.3) is 0 Å². The van der Waals surface area contributed by atoms with Crippen LogP contribution in [0.1, 0.15) is 22.3 Å². The van der Waals surface area contributed by atoms with Gasteiger partial charge in [-0.15, -0.1) is 23.2 Å². The van der Waals surface area contributed by atoms with E-state index in [1.54, 1.807) is 0 Å². The Bertz CT molecular complexity index is 955. The van der Waals surface area contributed by atoms with Crippen molar-refractivity contribution in [3.8, 4) is 0 Å². The van der Waals surface area contributed by atoms with E-state index in [1.807, 2.05) is 24.3 Å². The number of alkyl halides is 2. The van der Waals surface area contributed by atoms with Gasteiger partial charge in [-0.25, -0.2) is 0 Å². The van der Waals surface area contributed by atoms with Gasteiger partial charge in [0, 0.05) is 0 Å². The van der Waals surface area contributed by atoms with Crippen LogP contribution < -0.4 is 0 Å². The molecule has 1 nitrogen and oxygen atoms in total. The molecule has 0 N–H and O–H groups in total. The molecule has 0 heterocycles. The number of benzene rings is 4. The Hall–Kier alpha value is -2.58. The van der Waals surface area contributed by atoms with Crippen LogP contribution in [-0.4, -0.2) is 23.0 Å². The lowest BCUT2D eigenvalue weighted by molar-refractivity contribution is 0.0868. The Morgan fingerprint density at radius 3 is 0.857 bits per heavy atom. The van der Waals surface area contributed by atoms with E-state index in [0.29, 0.717) is 13.2 Å². The number of hydrogen-bond donors (Lipinski definition) is 0. The highest BCUT2D eigenvalue weighted by Crippen LogP contribution is 2.30. The fourth-order valence-corrected chi connectivity index (χ4v) is 5.36. The first kappa shape index (κ1) is 25.5. The highest BCUT2D eigenvalue weighted by molar-refractivity contribution is 6.25. The van der Waals surface area contributed by atoms with Gasteiger partial charge >= 0.3 is 0 Å². The zero-order chi connectivity index (χ0) is 24.4. The molecular weight excluding hydrogens is 471 g/mol. The first-order valence-electron chi connectivity index (χ1n) is 12.1. The summed E-state index contributed by atoms with van der Waals surface area (Å²) < 4.78 is 6.39. The Morgan fingerprint density at radius 1 is 0.400 bits per heavy atom. The minimum absolute atomic E-state index is 0.413. The first-order chi connectivity index (χ1) is 17.0. The van der Waals surface area contributed by atoms with Gasteiger partial charge in [-0.1, -0.05) is 121 Å². The minimum atomic E-state index is -0.569. The molecule has 0 unspecified atom stereocenters. The molecule has 180 valence electrons. The maximum Gasteiger partial charge on any atom is 0.0759 e. The third kappa shape index (κ3) is 8.25. The molecule has 0 aliphatic rings. The van der Waals surface area contributed by atoms with Crippen molar-refractivity contribution in [3.63, 3.8) is 0 Å². The first-order valence-corrected chi connectivity index (χ1v) is 12.9. The van der Waals surface area contributed by atoms with Gasteiger partial charge in [0.15, 0.2) is 0 Å². The topological polar surface area (TPSA) is 9.23 Å². The van der Waals surface area contributed by atoms with Crippen LogP contribution in [-0.2, 0) is 30.4 Å². The Labute approximate surface area is 219 Å². The molecular formula is C32H32Cl2O. The largest absolute Gasteiger partial charge is 0.378 e. The predicted octanol–water partition coefficient (Wildman–Crippen LogP) is 7.93. The average Bonchev–Trinajstić information content (AvgIpc) is 2.86. The van der Waals surface area contributed by atoms with E-state index in [-0.39, 0.29) is 0 Å². The molecule has 0 spiro atoms. The zero-order valence-corrected chi connectivity index (χ0v) is 21.5. The summed E-state index contributed by atoms with van der Waals surface area (Å²) in [6, 6.07) is 41.6. The van der Waals surface area contributed by atoms with Gasteiger partial charge in [-0.05, 0) is 47.9 Å². The van der Waals surface area contributed by atoms with Crippen LogP contribution in [0.15, 0.2) is 121 Å². The molecule has 0 saturated carbocycles. The summed E-state index contributed by atoms with van der Waals surface area (Å²) in [6.45, 7) is 0.826. The second-order valence-electron chi connectivity index (χ2n) is 9.44. The van der Waals surface area contributed by atoms with Crippen molar-refractivity contribution >= 4 is 23.2 Å². The Morgan fingerprint density at radius 2 is 0.629 bits per heavy atom. The second-order valence-corrected chi connectivity index (χ2v) is 11.0. The minimum Gasteiger partial charge on any atom is -0.378 e. The average molecular weight is 504 g/mol. The van der Waals surface area contributed by atoms with E-state index in [9.17, 15) is 0 Å². The van der Waals surface area contributed by atoms with Crippen LogP contribution in [0.4, 0.5) is 0 Å². The molecule has 4 rings (SSSR count). The lowest BCUT2D eigenvalue weighted by atomic mass is 9.91. The van der Waals surface area contributed by atoms with Crippen LogP contribution in [0.2, 0.25) is 0 Å². The third-order valence-electron chi connectivity index (χ3n) is 6.18. The quantitative estimate of drug-likeness (QED) is 0.178. The molecule has 0 fully saturated rings. The van der Waals surface area contributed by atoms with Crippen LogP contribution in [0.5, 0.6) is 0 Å². The summed E-state index contributed by atoms with van der Waals surface area (Å²) in [5.41, 5.74) is 4.81. The van der Waals surface area contributed by atoms with Crippen molar-refractivity contribution in [2.24, 2.45) is 0 Å². The van der Waals surface area contributed by atoms with Gasteiger partial charge in [-0.2, -0.15) is 0 Å². The molecule has 0 amide bonds. The normalized spacial score (nSPS) is 11.9. The maximum absolute atomic E-state index is 7.29. The van der Waals surface area contributed by atoms with Crippen molar-refractivity contribution in [2.45, 2.75) is 35.4 Å². The molecule has 0 aromatic heterocycles. The van der Waals surface area contributed by atoms with Crippen LogP contribution in [0, 0.1) is 0 Å². The summed E-state index contributed by atoms with van der Waals surface area (Å²) in [4.78, 5) is -1.14. The summed E-state index contributed by atoms with van der Waals surface area (Å²) >= 11 is 14.6. The van der Waals surface area contributed by atoms with E-state index < -0.39 is 9.75 Å². The third-order valence-corrected chi connectivity index (χ3v) is 6.93. The van der Waals surface area contributed by atoms with E-state index in [0.717, 1.165) is 25.7 Å². The van der Waals surface area contributed by atoms with Crippen molar-refractivity contribution < 1.29 is 4.74 Å². The standard InChI is InChI=1S/C32H32Cl2O/c33-31(21-27-13-5-1-6-14-27,22-28-15-7-2-8-16-28)25-35-26-32(34,23-29-17-9-3-10-18-29)24-30-19-11-4-12-20-30/h1-20H,21-26H2. The monoisotopic (exact) mass is 502 g/mol. The molecule has 4 aromatic rings. The van der Waals surface area contributed by atoms with Crippen molar-refractivity contribution in [1.29, 1.82) is 0 Å². The summed E-state index contributed by atoms with van der Waals surface area (Å²) in [6.07, 6.45) is 2.88. The molecule has 35 heavy (non-hydrogen) atoms. The molecule has 0 atom stereocenters. The lowest BCUT2D eigenvalue weighted by Gasteiger charge is -2.32. The predicted molar refractivity (Wildman–Crippen MR) is 149 cm³/mol. The van der Waals surface area contributed by atoms with Gasteiger partial charge < -0.3 is 4.74 Å². The zero-order valence-electron chi connectivity index (χ0n) is 20.0. The van der Waals surface area contributed by atoms with E-state index >= 15 is 0 Å². The van der Waals surface area contributed by atoms with E-state index in [1.165, 1.54) is 22.3 Å². The van der Waals surface area contributed by atoms with Gasteiger partial charge in [0.05, 0.1) is 23.0 Å².